The topological polar surface area (TPSA) is 68.2 Å². The third kappa shape index (κ3) is 2.13. The second-order valence-electron chi connectivity index (χ2n) is 3.69. The maximum Gasteiger partial charge on any atom is 0.146 e. The Morgan fingerprint density at radius 1 is 1.50 bits per heavy atom. The predicted octanol–water partition coefficient (Wildman–Crippen LogP) is 1.60. The SMILES string of the molecule is Cc1cc(CN(C)c2cccnc2N)no1. The van der Waals surface area contributed by atoms with E-state index in [2.05, 4.69) is 10.1 Å². The van der Waals surface area contributed by atoms with Crippen LogP contribution >= 0.6 is 0 Å². The van der Waals surface area contributed by atoms with Crippen molar-refractivity contribution in [1.29, 1.82) is 0 Å². The average molecular weight is 218 g/mol. The summed E-state index contributed by atoms with van der Waals surface area (Å²) in [7, 11) is 1.94. The Labute approximate surface area is 93.9 Å². The van der Waals surface area contributed by atoms with Crippen molar-refractivity contribution in [2.45, 2.75) is 13.5 Å². The first-order valence-electron chi connectivity index (χ1n) is 5.00. The summed E-state index contributed by atoms with van der Waals surface area (Å²) in [4.78, 5) is 6.03. The molecule has 0 aliphatic rings. The first-order chi connectivity index (χ1) is 7.66. The third-order valence-corrected chi connectivity index (χ3v) is 2.30. The minimum absolute atomic E-state index is 0.519. The van der Waals surface area contributed by atoms with Gasteiger partial charge in [0.25, 0.3) is 0 Å². The second-order valence-corrected chi connectivity index (χ2v) is 3.69. The number of aromatic nitrogens is 2. The lowest BCUT2D eigenvalue weighted by molar-refractivity contribution is 0.390. The molecule has 5 heteroatoms. The third-order valence-electron chi connectivity index (χ3n) is 2.30. The van der Waals surface area contributed by atoms with Crippen LogP contribution in [0.2, 0.25) is 0 Å². The Balaban J connectivity index is 2.14. The normalized spacial score (nSPS) is 10.4. The van der Waals surface area contributed by atoms with Gasteiger partial charge in [0.2, 0.25) is 0 Å². The van der Waals surface area contributed by atoms with Crippen molar-refractivity contribution < 1.29 is 4.52 Å². The molecule has 0 unspecified atom stereocenters. The summed E-state index contributed by atoms with van der Waals surface area (Å²) < 4.78 is 5.01. The van der Waals surface area contributed by atoms with Crippen LogP contribution in [0.3, 0.4) is 0 Å². The molecule has 0 fully saturated rings. The highest BCUT2D eigenvalue weighted by atomic mass is 16.5. The molecule has 0 amide bonds. The van der Waals surface area contributed by atoms with Gasteiger partial charge in [-0.3, -0.25) is 0 Å². The maximum absolute atomic E-state index is 5.78. The number of hydrogen-bond donors (Lipinski definition) is 1. The molecule has 0 atom stereocenters. The van der Waals surface area contributed by atoms with E-state index in [4.69, 9.17) is 10.3 Å². The summed E-state index contributed by atoms with van der Waals surface area (Å²) in [5.41, 5.74) is 7.55. The van der Waals surface area contributed by atoms with E-state index in [1.165, 1.54) is 0 Å². The number of anilines is 2. The molecule has 0 radical (unpaired) electrons. The molecule has 0 bridgehead atoms. The molecule has 84 valence electrons. The molecule has 0 aliphatic carbocycles. The Hall–Kier alpha value is -2.04. The molecule has 2 rings (SSSR count). The lowest BCUT2D eigenvalue weighted by atomic mass is 10.3. The van der Waals surface area contributed by atoms with E-state index in [-0.39, 0.29) is 0 Å². The molecule has 5 nitrogen and oxygen atoms in total. The van der Waals surface area contributed by atoms with E-state index in [9.17, 15) is 0 Å². The van der Waals surface area contributed by atoms with Crippen molar-refractivity contribution in [1.82, 2.24) is 10.1 Å². The molecule has 0 aliphatic heterocycles. The van der Waals surface area contributed by atoms with Crippen molar-refractivity contribution in [2.75, 3.05) is 17.7 Å². The summed E-state index contributed by atoms with van der Waals surface area (Å²) in [6, 6.07) is 5.69. The Morgan fingerprint density at radius 2 is 2.31 bits per heavy atom. The van der Waals surface area contributed by atoms with Crippen molar-refractivity contribution in [3.63, 3.8) is 0 Å². The van der Waals surface area contributed by atoms with Crippen molar-refractivity contribution in [3.05, 3.63) is 35.9 Å². The number of hydrogen-bond acceptors (Lipinski definition) is 5. The summed E-state index contributed by atoms with van der Waals surface area (Å²) in [5, 5.41) is 3.93. The van der Waals surface area contributed by atoms with Crippen molar-refractivity contribution in [2.24, 2.45) is 0 Å². The van der Waals surface area contributed by atoms with Crippen LogP contribution in [-0.4, -0.2) is 17.2 Å². The fraction of sp³-hybridized carbons (Fsp3) is 0.273. The fourth-order valence-corrected chi connectivity index (χ4v) is 1.55. The van der Waals surface area contributed by atoms with E-state index >= 15 is 0 Å². The van der Waals surface area contributed by atoms with Crippen LogP contribution < -0.4 is 10.6 Å². The van der Waals surface area contributed by atoms with Gasteiger partial charge in [-0.2, -0.15) is 0 Å². The van der Waals surface area contributed by atoms with Crippen LogP contribution in [0.15, 0.2) is 28.9 Å². The number of aryl methyl sites for hydroxylation is 1. The lowest BCUT2D eigenvalue weighted by Gasteiger charge is -2.18. The molecular formula is C11H14N4O. The van der Waals surface area contributed by atoms with Crippen LogP contribution in [0.25, 0.3) is 0 Å². The fourth-order valence-electron chi connectivity index (χ4n) is 1.55. The number of rotatable bonds is 3. The molecule has 2 aromatic heterocycles. The minimum atomic E-state index is 0.519. The van der Waals surface area contributed by atoms with E-state index < -0.39 is 0 Å². The second kappa shape index (κ2) is 4.22. The van der Waals surface area contributed by atoms with Gasteiger partial charge >= 0.3 is 0 Å². The van der Waals surface area contributed by atoms with Gasteiger partial charge in [0, 0.05) is 19.3 Å². The molecule has 2 aromatic rings. The monoisotopic (exact) mass is 218 g/mol. The zero-order chi connectivity index (χ0) is 11.5. The molecule has 0 saturated heterocycles. The maximum atomic E-state index is 5.78. The molecule has 2 heterocycles. The van der Waals surface area contributed by atoms with E-state index in [1.54, 1.807) is 6.20 Å². The minimum Gasteiger partial charge on any atom is -0.382 e. The molecule has 16 heavy (non-hydrogen) atoms. The number of nitrogens with two attached hydrogens (primary N) is 1. The largest absolute Gasteiger partial charge is 0.382 e. The van der Waals surface area contributed by atoms with Crippen molar-refractivity contribution >= 4 is 11.5 Å². The summed E-state index contributed by atoms with van der Waals surface area (Å²) in [6.45, 7) is 2.52. The summed E-state index contributed by atoms with van der Waals surface area (Å²) in [5.74, 6) is 1.33. The van der Waals surface area contributed by atoms with Crippen LogP contribution in [0.5, 0.6) is 0 Å². The lowest BCUT2D eigenvalue weighted by Crippen LogP contribution is -2.18. The van der Waals surface area contributed by atoms with E-state index in [1.807, 2.05) is 37.1 Å². The molecule has 0 spiro atoms. The number of pyridine rings is 1. The van der Waals surface area contributed by atoms with Gasteiger partial charge in [-0.05, 0) is 19.1 Å². The smallest absolute Gasteiger partial charge is 0.146 e. The van der Waals surface area contributed by atoms with Gasteiger partial charge in [-0.15, -0.1) is 0 Å². The first kappa shape index (κ1) is 10.5. The quantitative estimate of drug-likeness (QED) is 0.847. The Morgan fingerprint density at radius 3 is 2.94 bits per heavy atom. The van der Waals surface area contributed by atoms with E-state index in [0.29, 0.717) is 12.4 Å². The Bertz CT molecular complexity index is 480. The highest BCUT2D eigenvalue weighted by Crippen LogP contribution is 2.20. The van der Waals surface area contributed by atoms with Gasteiger partial charge in [-0.25, -0.2) is 4.98 Å². The van der Waals surface area contributed by atoms with Gasteiger partial charge < -0.3 is 15.2 Å². The highest BCUT2D eigenvalue weighted by Gasteiger charge is 2.08. The summed E-state index contributed by atoms with van der Waals surface area (Å²) >= 11 is 0. The first-order valence-corrected chi connectivity index (χ1v) is 5.00. The van der Waals surface area contributed by atoms with Gasteiger partial charge in [0.15, 0.2) is 0 Å². The van der Waals surface area contributed by atoms with Gasteiger partial charge in [0.1, 0.15) is 17.3 Å². The Kier molecular flexibility index (Phi) is 2.76. The van der Waals surface area contributed by atoms with Crippen LogP contribution in [-0.2, 0) is 6.54 Å². The average Bonchev–Trinajstić information content (AvgIpc) is 2.64. The molecule has 2 N–H and O–H groups in total. The number of nitrogen functional groups attached to an aromatic ring is 1. The zero-order valence-electron chi connectivity index (χ0n) is 9.34. The van der Waals surface area contributed by atoms with E-state index in [0.717, 1.165) is 17.1 Å². The highest BCUT2D eigenvalue weighted by molar-refractivity contribution is 5.62. The number of nitrogens with zero attached hydrogens (tertiary/aromatic N) is 3. The standard InChI is InChI=1S/C11H14N4O/c1-8-6-9(14-16-8)7-15(2)10-4-3-5-13-11(10)12/h3-6H,7H2,1-2H3,(H2,12,13). The molecule has 0 saturated carbocycles. The van der Waals surface area contributed by atoms with Gasteiger partial charge in [0.05, 0.1) is 12.2 Å². The molecule has 0 aromatic carbocycles. The van der Waals surface area contributed by atoms with Gasteiger partial charge in [-0.1, -0.05) is 5.16 Å². The van der Waals surface area contributed by atoms with Crippen LogP contribution in [0, 0.1) is 6.92 Å². The zero-order valence-corrected chi connectivity index (χ0v) is 9.34. The molecular weight excluding hydrogens is 204 g/mol. The predicted molar refractivity (Wildman–Crippen MR) is 62.0 cm³/mol. The van der Waals surface area contributed by atoms with Crippen molar-refractivity contribution in [3.8, 4) is 0 Å². The summed E-state index contributed by atoms with van der Waals surface area (Å²) in [6.07, 6.45) is 1.67. The van der Waals surface area contributed by atoms with Crippen LogP contribution in [0.1, 0.15) is 11.5 Å². The van der Waals surface area contributed by atoms with Crippen LogP contribution in [0.4, 0.5) is 11.5 Å².